The van der Waals surface area contributed by atoms with Crippen LogP contribution in [0.25, 0.3) is 22.8 Å². The first kappa shape index (κ1) is 17.8. The topological polar surface area (TPSA) is 73.1 Å². The minimum atomic E-state index is -0.822. The van der Waals surface area contributed by atoms with E-state index in [-0.39, 0.29) is 23.4 Å². The molecule has 136 valence electrons. The number of nitrogens with one attached hydrogen (secondary N) is 1. The molecule has 3 aromatic rings. The van der Waals surface area contributed by atoms with Gasteiger partial charge in [-0.15, -0.1) is 0 Å². The molecule has 1 N–H and O–H groups in total. The van der Waals surface area contributed by atoms with E-state index in [9.17, 15) is 8.78 Å². The van der Waals surface area contributed by atoms with Crippen molar-refractivity contribution in [2.45, 2.75) is 26.4 Å². The highest BCUT2D eigenvalue weighted by Crippen LogP contribution is 2.31. The van der Waals surface area contributed by atoms with Crippen molar-refractivity contribution in [1.82, 2.24) is 15.1 Å². The fourth-order valence-electron chi connectivity index (χ4n) is 2.32. The molecule has 0 radical (unpaired) electrons. The van der Waals surface area contributed by atoms with Crippen LogP contribution in [-0.4, -0.2) is 28.3 Å². The summed E-state index contributed by atoms with van der Waals surface area (Å²) in [5, 5.41) is 6.80. The average Bonchev–Trinajstić information content (AvgIpc) is 3.14. The van der Waals surface area contributed by atoms with Gasteiger partial charge in [0.25, 0.3) is 5.89 Å². The van der Waals surface area contributed by atoms with Crippen LogP contribution in [0.3, 0.4) is 0 Å². The number of pyridine rings is 1. The minimum absolute atomic E-state index is 0.00111. The predicted molar refractivity (Wildman–Crippen MR) is 92.8 cm³/mol. The van der Waals surface area contributed by atoms with Crippen LogP contribution in [0.15, 0.2) is 35.0 Å². The molecule has 0 amide bonds. The van der Waals surface area contributed by atoms with Gasteiger partial charge in [-0.25, -0.2) is 13.8 Å². The number of aromatic nitrogens is 3. The summed E-state index contributed by atoms with van der Waals surface area (Å²) in [7, 11) is 1.72. The molecule has 0 spiro atoms. The lowest BCUT2D eigenvalue weighted by Gasteiger charge is -2.14. The van der Waals surface area contributed by atoms with Gasteiger partial charge in [0.05, 0.1) is 11.7 Å². The van der Waals surface area contributed by atoms with Gasteiger partial charge in [0.2, 0.25) is 5.82 Å². The summed E-state index contributed by atoms with van der Waals surface area (Å²) in [6.07, 6.45) is 1.95. The Kier molecular flexibility index (Phi) is 5.11. The van der Waals surface area contributed by atoms with Gasteiger partial charge in [-0.3, -0.25) is 0 Å². The van der Waals surface area contributed by atoms with Crippen molar-refractivity contribution >= 4 is 5.82 Å². The van der Waals surface area contributed by atoms with Gasteiger partial charge in [0.15, 0.2) is 17.4 Å². The monoisotopic (exact) mass is 360 g/mol. The molecule has 26 heavy (non-hydrogen) atoms. The molecule has 0 aliphatic carbocycles. The lowest BCUT2D eigenvalue weighted by Crippen LogP contribution is -2.12. The summed E-state index contributed by atoms with van der Waals surface area (Å²) in [5.74, 6) is -1.23. The van der Waals surface area contributed by atoms with Crippen molar-refractivity contribution in [3.63, 3.8) is 0 Å². The predicted octanol–water partition coefficient (Wildman–Crippen LogP) is 4.30. The van der Waals surface area contributed by atoms with Crippen LogP contribution in [0.2, 0.25) is 0 Å². The third-order valence-electron chi connectivity index (χ3n) is 3.85. The maximum Gasteiger partial charge on any atom is 0.258 e. The molecular formula is C18H18F2N4O2. The zero-order valence-electron chi connectivity index (χ0n) is 14.6. The van der Waals surface area contributed by atoms with Crippen molar-refractivity contribution < 1.29 is 18.0 Å². The molecular weight excluding hydrogens is 342 g/mol. The van der Waals surface area contributed by atoms with Crippen LogP contribution >= 0.6 is 0 Å². The highest BCUT2D eigenvalue weighted by atomic mass is 19.1. The molecule has 0 bridgehead atoms. The summed E-state index contributed by atoms with van der Waals surface area (Å²) in [5.41, 5.74) is 0.743. The van der Waals surface area contributed by atoms with Crippen LogP contribution in [0.1, 0.15) is 20.3 Å². The Balaban J connectivity index is 1.95. The fraction of sp³-hybridized carbons (Fsp3) is 0.278. The first-order chi connectivity index (χ1) is 12.5. The molecule has 3 rings (SSSR count). The molecule has 0 saturated heterocycles. The average molecular weight is 360 g/mol. The van der Waals surface area contributed by atoms with Crippen LogP contribution in [0.4, 0.5) is 14.6 Å². The van der Waals surface area contributed by atoms with Gasteiger partial charge < -0.3 is 14.6 Å². The zero-order chi connectivity index (χ0) is 18.7. The Morgan fingerprint density at radius 3 is 2.65 bits per heavy atom. The van der Waals surface area contributed by atoms with E-state index in [0.29, 0.717) is 17.8 Å². The van der Waals surface area contributed by atoms with E-state index in [2.05, 4.69) is 20.4 Å². The summed E-state index contributed by atoms with van der Waals surface area (Å²) in [6, 6.07) is 5.71. The Bertz CT molecular complexity index is 891. The molecule has 0 fully saturated rings. The molecule has 8 heteroatoms. The van der Waals surface area contributed by atoms with E-state index in [1.807, 2.05) is 6.92 Å². The van der Waals surface area contributed by atoms with Gasteiger partial charge in [-0.2, -0.15) is 4.98 Å². The SMILES string of the molecule is CC[C@H](C)Oc1c(F)cc(-c2nc(-c3cccnc3NC)no2)cc1F. The Labute approximate surface area is 149 Å². The molecule has 2 heterocycles. The summed E-state index contributed by atoms with van der Waals surface area (Å²) < 4.78 is 39.0. The number of hydrogen-bond acceptors (Lipinski definition) is 6. The van der Waals surface area contributed by atoms with Crippen molar-refractivity contribution in [2.75, 3.05) is 12.4 Å². The van der Waals surface area contributed by atoms with Crippen LogP contribution in [-0.2, 0) is 0 Å². The third-order valence-corrected chi connectivity index (χ3v) is 3.85. The maximum absolute atomic E-state index is 14.3. The number of anilines is 1. The lowest BCUT2D eigenvalue weighted by atomic mass is 10.2. The normalized spacial score (nSPS) is 12.0. The van der Waals surface area contributed by atoms with Crippen molar-refractivity contribution in [2.24, 2.45) is 0 Å². The Hall–Kier alpha value is -3.03. The van der Waals surface area contributed by atoms with E-state index in [1.165, 1.54) is 0 Å². The van der Waals surface area contributed by atoms with Gasteiger partial charge in [0.1, 0.15) is 5.82 Å². The van der Waals surface area contributed by atoms with E-state index < -0.39 is 17.4 Å². The number of hydrogen-bond donors (Lipinski definition) is 1. The molecule has 0 aliphatic heterocycles. The van der Waals surface area contributed by atoms with Gasteiger partial charge in [-0.05, 0) is 37.6 Å². The van der Waals surface area contributed by atoms with E-state index in [0.717, 1.165) is 12.1 Å². The second kappa shape index (κ2) is 7.47. The van der Waals surface area contributed by atoms with Crippen LogP contribution < -0.4 is 10.1 Å². The number of halogens is 2. The summed E-state index contributed by atoms with van der Waals surface area (Å²) in [6.45, 7) is 3.61. The lowest BCUT2D eigenvalue weighted by molar-refractivity contribution is 0.197. The van der Waals surface area contributed by atoms with Gasteiger partial charge >= 0.3 is 0 Å². The van der Waals surface area contributed by atoms with E-state index >= 15 is 0 Å². The minimum Gasteiger partial charge on any atom is -0.485 e. The molecule has 2 aromatic heterocycles. The standard InChI is InChI=1S/C18H18F2N4O2/c1-4-10(2)25-15-13(19)8-11(9-14(15)20)18-23-17(24-26-18)12-6-5-7-22-16(12)21-3/h5-10H,4H2,1-3H3,(H,21,22)/t10-/m0/s1. The van der Waals surface area contributed by atoms with Gasteiger partial charge in [-0.1, -0.05) is 12.1 Å². The summed E-state index contributed by atoms with van der Waals surface area (Å²) >= 11 is 0. The quantitative estimate of drug-likeness (QED) is 0.707. The van der Waals surface area contributed by atoms with E-state index in [4.69, 9.17) is 9.26 Å². The molecule has 0 aliphatic rings. The van der Waals surface area contributed by atoms with Crippen molar-refractivity contribution in [1.29, 1.82) is 0 Å². The second-order valence-corrected chi connectivity index (χ2v) is 5.68. The van der Waals surface area contributed by atoms with Crippen LogP contribution in [0.5, 0.6) is 5.75 Å². The van der Waals surface area contributed by atoms with E-state index in [1.54, 1.807) is 32.3 Å². The maximum atomic E-state index is 14.3. The third kappa shape index (κ3) is 3.49. The first-order valence-electron chi connectivity index (χ1n) is 8.16. The Morgan fingerprint density at radius 2 is 2.00 bits per heavy atom. The number of benzene rings is 1. The fourth-order valence-corrected chi connectivity index (χ4v) is 2.32. The molecule has 0 unspecified atom stereocenters. The van der Waals surface area contributed by atoms with Crippen molar-refractivity contribution in [3.05, 3.63) is 42.1 Å². The molecule has 0 saturated carbocycles. The smallest absolute Gasteiger partial charge is 0.258 e. The number of rotatable bonds is 6. The first-order valence-corrected chi connectivity index (χ1v) is 8.16. The molecule has 1 aromatic carbocycles. The summed E-state index contributed by atoms with van der Waals surface area (Å²) in [4.78, 5) is 8.38. The second-order valence-electron chi connectivity index (χ2n) is 5.68. The molecule has 6 nitrogen and oxygen atoms in total. The highest BCUT2D eigenvalue weighted by molar-refractivity contribution is 5.70. The number of ether oxygens (including phenoxy) is 1. The highest BCUT2D eigenvalue weighted by Gasteiger charge is 2.19. The largest absolute Gasteiger partial charge is 0.485 e. The number of nitrogens with zero attached hydrogens (tertiary/aromatic N) is 3. The zero-order valence-corrected chi connectivity index (χ0v) is 14.6. The van der Waals surface area contributed by atoms with Crippen molar-refractivity contribution in [3.8, 4) is 28.6 Å². The Morgan fingerprint density at radius 1 is 1.27 bits per heavy atom. The van der Waals surface area contributed by atoms with Gasteiger partial charge in [0, 0.05) is 18.8 Å². The van der Waals surface area contributed by atoms with Crippen LogP contribution in [0, 0.1) is 11.6 Å². The molecule has 1 atom stereocenters.